The van der Waals surface area contributed by atoms with Crippen molar-refractivity contribution in [2.24, 2.45) is 5.92 Å². The van der Waals surface area contributed by atoms with Crippen LogP contribution in [-0.4, -0.2) is 311 Å². The van der Waals surface area contributed by atoms with Gasteiger partial charge in [-0.15, -0.1) is 0 Å². The first-order valence-electron chi connectivity index (χ1n) is 33.4. The fourth-order valence-corrected chi connectivity index (χ4v) is 2.71. The zero-order valence-electron chi connectivity index (χ0n) is 69.1. The highest BCUT2D eigenvalue weighted by molar-refractivity contribution is 4.45. The van der Waals surface area contributed by atoms with Gasteiger partial charge in [0.25, 0.3) is 0 Å². The van der Waals surface area contributed by atoms with Crippen LogP contribution < -0.4 is 0 Å². The highest BCUT2D eigenvalue weighted by atomic mass is 16.5. The van der Waals surface area contributed by atoms with E-state index in [9.17, 15) is 0 Å². The second kappa shape index (κ2) is 324. The van der Waals surface area contributed by atoms with Gasteiger partial charge in [-0.1, -0.05) is 339 Å². The van der Waals surface area contributed by atoms with Crippen molar-refractivity contribution >= 4 is 0 Å². The maximum Gasteiger partial charge on any atom is 0.164 e. The van der Waals surface area contributed by atoms with Crippen molar-refractivity contribution in [2.75, 3.05) is 144 Å². The summed E-state index contributed by atoms with van der Waals surface area (Å²) in [5.41, 5.74) is 0. The SMILES string of the molecule is C.C.C.C.C.C.C.C.C.C.C.C.C.C.CC.CC.CC.CC.CC.CC.CC.CC.CC.CC.CC.CC.CC.CC.CC.CC.CC(C)CC(O)O.CN(C)CC(O)O.CN(C)CC(O)O.CN(C)CC(O)O.CN(C)CC(O)O.CN(C)CC(O)O.CN(C)CC(O)O.CN(C)CC(O)O. The number of nitrogens with zero attached hydrogens (tertiary/aromatic N) is 7. The lowest BCUT2D eigenvalue weighted by atomic mass is 10.1. The zero-order chi connectivity index (χ0) is 78.9. The second-order valence-electron chi connectivity index (χ2n) is 14.3. The molecule has 23 nitrogen and oxygen atoms in total. The van der Waals surface area contributed by atoms with E-state index in [-0.39, 0.29) is 104 Å². The molecule has 0 aromatic rings. The second-order valence-corrected chi connectivity index (χ2v) is 14.3. The average molecular weight is 1550 g/mol. The molecule has 0 saturated carbocycles. The fraction of sp³-hybridized carbons (Fsp3) is 1.00. The van der Waals surface area contributed by atoms with E-state index in [2.05, 4.69) is 0 Å². The third-order valence-electron chi connectivity index (χ3n) is 4.38. The minimum atomic E-state index is -1.20. The molecule has 0 unspecified atom stereocenters. The van der Waals surface area contributed by atoms with Crippen molar-refractivity contribution in [1.29, 1.82) is 0 Å². The van der Waals surface area contributed by atoms with Gasteiger partial charge in [0.1, 0.15) is 0 Å². The summed E-state index contributed by atoms with van der Waals surface area (Å²) in [5, 5.41) is 132. The smallest absolute Gasteiger partial charge is 0.164 e. The van der Waals surface area contributed by atoms with Crippen LogP contribution in [0.2, 0.25) is 0 Å². The largest absolute Gasteiger partial charge is 0.368 e. The summed E-state index contributed by atoms with van der Waals surface area (Å²) in [5.74, 6) is 0.375. The molecule has 23 heteroatoms. The monoisotopic (exact) mass is 1540 g/mol. The molecule has 0 aliphatic heterocycles. The fourth-order valence-electron chi connectivity index (χ4n) is 2.71. The van der Waals surface area contributed by atoms with E-state index < -0.39 is 50.3 Å². The number of hydrogen-bond donors (Lipinski definition) is 16. The minimum Gasteiger partial charge on any atom is -0.368 e. The molecule has 0 aromatic carbocycles. The number of hydrogen-bond acceptors (Lipinski definition) is 23. The molecular weight excluding hydrogens is 1300 g/mol. The molecule has 102 heavy (non-hydrogen) atoms. The van der Waals surface area contributed by atoms with Crippen LogP contribution in [0, 0.1) is 5.92 Å². The Labute approximate surface area is 659 Å². The maximum absolute atomic E-state index is 8.28. The van der Waals surface area contributed by atoms with Crippen LogP contribution in [0.1, 0.15) is 346 Å². The predicted octanol–water partition coefficient (Wildman–Crippen LogP) is 17.7. The maximum atomic E-state index is 8.28. The summed E-state index contributed by atoms with van der Waals surface area (Å²) in [7, 11) is 24.9. The first kappa shape index (κ1) is 254. The van der Waals surface area contributed by atoms with Gasteiger partial charge in [-0.2, -0.15) is 0 Å². The highest BCUT2D eigenvalue weighted by Gasteiger charge is 2.00. The summed E-state index contributed by atoms with van der Waals surface area (Å²) in [6.45, 7) is 70.0. The summed E-state index contributed by atoms with van der Waals surface area (Å²) >= 11 is 0. The molecule has 688 valence electrons. The molecule has 0 amide bonds. The first-order chi connectivity index (χ1) is 41.0. The van der Waals surface area contributed by atoms with Gasteiger partial charge in [0, 0.05) is 52.2 Å². The van der Waals surface area contributed by atoms with E-state index >= 15 is 0 Å². The highest BCUT2D eigenvalue weighted by Crippen LogP contribution is 2.00. The topological polar surface area (TPSA) is 346 Å². The molecular formula is C79H241N7O16. The predicted molar refractivity (Wildman–Crippen MR) is 491 cm³/mol. The van der Waals surface area contributed by atoms with Crippen molar-refractivity contribution in [1.82, 2.24) is 34.3 Å². The molecule has 0 aromatic heterocycles. The third-order valence-corrected chi connectivity index (χ3v) is 4.38. The van der Waals surface area contributed by atoms with E-state index in [1.165, 1.54) is 0 Å². The zero-order valence-corrected chi connectivity index (χ0v) is 69.1. The van der Waals surface area contributed by atoms with Gasteiger partial charge in [-0.3, -0.25) is 0 Å². The van der Waals surface area contributed by atoms with Gasteiger partial charge >= 0.3 is 0 Å². The molecule has 0 aliphatic rings. The molecule has 0 bridgehead atoms. The van der Waals surface area contributed by atoms with Gasteiger partial charge in [0.15, 0.2) is 50.3 Å². The van der Waals surface area contributed by atoms with E-state index in [4.69, 9.17) is 81.7 Å². The van der Waals surface area contributed by atoms with Crippen LogP contribution in [0.25, 0.3) is 0 Å². The minimum absolute atomic E-state index is 0. The van der Waals surface area contributed by atoms with Crippen LogP contribution in [0.3, 0.4) is 0 Å². The Bertz CT molecular complexity index is 501. The van der Waals surface area contributed by atoms with Gasteiger partial charge in [-0.05, 0) is 105 Å². The molecule has 0 aliphatic carbocycles. The number of aliphatic hydroxyl groups excluding tert-OH is 8. The lowest BCUT2D eigenvalue weighted by molar-refractivity contribution is -0.0544. The summed E-state index contributed by atoms with van der Waals surface area (Å²) in [6, 6.07) is 0. The normalized spacial score (nSPS) is 7.06. The number of likely N-dealkylation sites (N-methyl/N-ethyl adjacent to an activating group) is 7. The first-order valence-corrected chi connectivity index (χ1v) is 33.4. The number of rotatable bonds is 16. The van der Waals surface area contributed by atoms with E-state index in [0.717, 1.165) is 0 Å². The van der Waals surface area contributed by atoms with Crippen molar-refractivity contribution in [3.8, 4) is 0 Å². The van der Waals surface area contributed by atoms with Crippen LogP contribution in [0.15, 0.2) is 0 Å². The van der Waals surface area contributed by atoms with Crippen molar-refractivity contribution in [2.45, 2.75) is 396 Å². The van der Waals surface area contributed by atoms with Crippen molar-refractivity contribution < 1.29 is 81.7 Å². The molecule has 0 fully saturated rings. The van der Waals surface area contributed by atoms with Crippen LogP contribution in [-0.2, 0) is 0 Å². The number of aliphatic hydroxyl groups is 16. The molecule has 0 atom stereocenters. The lowest BCUT2D eigenvalue weighted by Crippen LogP contribution is -2.24. The molecule has 0 spiro atoms. The molecule has 0 saturated heterocycles. The van der Waals surface area contributed by atoms with Crippen LogP contribution >= 0.6 is 0 Å². The Morgan fingerprint density at radius 3 is 0.206 bits per heavy atom. The van der Waals surface area contributed by atoms with E-state index in [1.807, 2.05) is 235 Å². The van der Waals surface area contributed by atoms with Gasteiger partial charge < -0.3 is 116 Å². The van der Waals surface area contributed by atoms with Crippen molar-refractivity contribution in [3.05, 3.63) is 0 Å². The summed E-state index contributed by atoms with van der Waals surface area (Å²) in [4.78, 5) is 11.9. The average Bonchev–Trinajstić information content (AvgIpc) is 3.46. The van der Waals surface area contributed by atoms with Crippen LogP contribution in [0.4, 0.5) is 0 Å². The standard InChI is InChI=1S/C5H12O2.7C4H11NO2.16C2H6.14CH4/c1-4(2)3-5(6)7;7*1-5(2)3-4(6)7;16*1-2;;;;;;;;;;;;;;/h4-7H,3H2,1-2H3;7*4,6-7H,3H2,1-2H3;16*1-2H3;14*1H4. The van der Waals surface area contributed by atoms with Gasteiger partial charge in [-0.25, -0.2) is 0 Å². The van der Waals surface area contributed by atoms with Gasteiger partial charge in [0.2, 0.25) is 0 Å². The van der Waals surface area contributed by atoms with Gasteiger partial charge in [0.05, 0.1) is 0 Å². The van der Waals surface area contributed by atoms with Crippen LogP contribution in [0.5, 0.6) is 0 Å². The van der Waals surface area contributed by atoms with E-state index in [1.54, 1.807) is 133 Å². The Morgan fingerprint density at radius 2 is 0.206 bits per heavy atom. The Balaban J connectivity index is -0.0000000118. The molecule has 0 rings (SSSR count). The quantitative estimate of drug-likeness (QED) is 0.0638. The molecule has 0 heterocycles. The van der Waals surface area contributed by atoms with E-state index in [0.29, 0.717) is 58.2 Å². The molecule has 16 N–H and O–H groups in total. The Kier molecular flexibility index (Phi) is 808. The third kappa shape index (κ3) is 987. The lowest BCUT2D eigenvalue weighted by Gasteiger charge is -2.09. The van der Waals surface area contributed by atoms with Crippen molar-refractivity contribution in [3.63, 3.8) is 0 Å². The Morgan fingerprint density at radius 1 is 0.147 bits per heavy atom. The Hall–Kier alpha value is -0.920. The summed E-state index contributed by atoms with van der Waals surface area (Å²) < 4.78 is 0. The summed E-state index contributed by atoms with van der Waals surface area (Å²) in [6.07, 6.45) is -9.05. The molecule has 0 radical (unpaired) electrons.